The number of alkyl halides is 3. The summed E-state index contributed by atoms with van der Waals surface area (Å²) in [6, 6.07) is 11.2. The Morgan fingerprint density at radius 2 is 1.78 bits per heavy atom. The fourth-order valence-corrected chi connectivity index (χ4v) is 1.84. The summed E-state index contributed by atoms with van der Waals surface area (Å²) >= 11 is 0. The van der Waals surface area contributed by atoms with Crippen LogP contribution in [0.25, 0.3) is 0 Å². The van der Waals surface area contributed by atoms with Gasteiger partial charge in [0.2, 0.25) is 0 Å². The van der Waals surface area contributed by atoms with Gasteiger partial charge in [-0.2, -0.15) is 18.3 Å². The van der Waals surface area contributed by atoms with Crippen molar-refractivity contribution in [2.45, 2.75) is 6.18 Å². The predicted molar refractivity (Wildman–Crippen MR) is 79.5 cm³/mol. The van der Waals surface area contributed by atoms with Crippen LogP contribution in [0.4, 0.5) is 13.2 Å². The van der Waals surface area contributed by atoms with Gasteiger partial charge in [-0.25, -0.2) is 5.43 Å². The van der Waals surface area contributed by atoms with Crippen LogP contribution in [0.3, 0.4) is 0 Å². The number of hydrogen-bond acceptors (Lipinski definition) is 3. The molecule has 7 heteroatoms. The van der Waals surface area contributed by atoms with Gasteiger partial charge in [0.25, 0.3) is 5.91 Å². The monoisotopic (exact) mass is 322 g/mol. The third kappa shape index (κ3) is 4.32. The molecule has 0 radical (unpaired) electrons. The largest absolute Gasteiger partial charge is 0.497 e. The van der Waals surface area contributed by atoms with Crippen molar-refractivity contribution in [3.8, 4) is 5.75 Å². The zero-order valence-electron chi connectivity index (χ0n) is 12.1. The number of amides is 1. The molecule has 0 aliphatic rings. The third-order valence-electron chi connectivity index (χ3n) is 2.99. The first-order valence-corrected chi connectivity index (χ1v) is 6.55. The van der Waals surface area contributed by atoms with E-state index >= 15 is 0 Å². The Labute approximate surface area is 130 Å². The van der Waals surface area contributed by atoms with Gasteiger partial charge in [-0.15, -0.1) is 0 Å². The number of hydrogen-bond donors (Lipinski definition) is 1. The van der Waals surface area contributed by atoms with Gasteiger partial charge in [0.1, 0.15) is 5.75 Å². The van der Waals surface area contributed by atoms with Crippen LogP contribution in [0.1, 0.15) is 21.5 Å². The Bertz CT molecular complexity index is 710. The van der Waals surface area contributed by atoms with E-state index in [0.29, 0.717) is 11.3 Å². The molecule has 0 unspecified atom stereocenters. The maximum atomic E-state index is 12.8. The van der Waals surface area contributed by atoms with Crippen LogP contribution in [0.15, 0.2) is 53.6 Å². The number of ether oxygens (including phenoxy) is 1. The molecule has 1 amide bonds. The van der Waals surface area contributed by atoms with Crippen molar-refractivity contribution < 1.29 is 22.7 Å². The highest BCUT2D eigenvalue weighted by Crippen LogP contribution is 2.31. The normalized spacial score (nSPS) is 11.5. The van der Waals surface area contributed by atoms with Crippen molar-refractivity contribution in [2.75, 3.05) is 7.11 Å². The summed E-state index contributed by atoms with van der Waals surface area (Å²) in [5.74, 6) is 0.0533. The number of carbonyl (C=O) groups is 1. The second-order valence-electron chi connectivity index (χ2n) is 4.51. The molecule has 4 nitrogen and oxygen atoms in total. The minimum absolute atomic E-state index is 0.130. The highest BCUT2D eigenvalue weighted by atomic mass is 19.4. The van der Waals surface area contributed by atoms with Crippen molar-refractivity contribution in [2.24, 2.45) is 5.10 Å². The summed E-state index contributed by atoms with van der Waals surface area (Å²) in [5, 5.41) is 3.58. The number of halogens is 3. The Morgan fingerprint density at radius 3 is 2.39 bits per heavy atom. The molecule has 0 bridgehead atoms. The van der Waals surface area contributed by atoms with Gasteiger partial charge in [0.05, 0.1) is 18.9 Å². The number of methoxy groups -OCH3 is 1. The summed E-state index contributed by atoms with van der Waals surface area (Å²) in [6.07, 6.45) is -3.52. The first-order valence-electron chi connectivity index (χ1n) is 6.55. The molecule has 0 fully saturated rings. The van der Waals surface area contributed by atoms with E-state index in [1.807, 2.05) is 0 Å². The highest BCUT2D eigenvalue weighted by molar-refractivity contribution is 5.95. The lowest BCUT2D eigenvalue weighted by molar-refractivity contribution is -0.137. The Kier molecular flexibility index (Phi) is 5.00. The van der Waals surface area contributed by atoms with E-state index in [4.69, 9.17) is 4.74 Å². The van der Waals surface area contributed by atoms with Crippen LogP contribution >= 0.6 is 0 Å². The van der Waals surface area contributed by atoms with Gasteiger partial charge in [0, 0.05) is 11.1 Å². The Morgan fingerprint density at radius 1 is 1.13 bits per heavy atom. The second-order valence-corrected chi connectivity index (χ2v) is 4.51. The number of benzene rings is 2. The first-order chi connectivity index (χ1) is 10.9. The molecular weight excluding hydrogens is 309 g/mol. The van der Waals surface area contributed by atoms with Gasteiger partial charge >= 0.3 is 6.18 Å². The SMILES string of the molecule is COc1ccc(C(=O)N/N=C\c2ccccc2C(F)(F)F)cc1. The number of nitrogens with zero attached hydrogens (tertiary/aromatic N) is 1. The molecule has 2 aromatic rings. The summed E-state index contributed by atoms with van der Waals surface area (Å²) < 4.78 is 43.4. The fourth-order valence-electron chi connectivity index (χ4n) is 1.84. The highest BCUT2D eigenvalue weighted by Gasteiger charge is 2.32. The molecule has 0 spiro atoms. The van der Waals surface area contributed by atoms with E-state index in [2.05, 4.69) is 10.5 Å². The molecule has 0 atom stereocenters. The van der Waals surface area contributed by atoms with Crippen LogP contribution < -0.4 is 10.2 Å². The zero-order valence-corrected chi connectivity index (χ0v) is 12.1. The fraction of sp³-hybridized carbons (Fsp3) is 0.125. The van der Waals surface area contributed by atoms with Crippen molar-refractivity contribution >= 4 is 12.1 Å². The molecule has 0 saturated heterocycles. The van der Waals surface area contributed by atoms with Crippen molar-refractivity contribution in [3.63, 3.8) is 0 Å². The standard InChI is InChI=1S/C16H13F3N2O2/c1-23-13-8-6-11(7-9-13)15(22)21-20-10-12-4-2-3-5-14(12)16(17,18)19/h2-10H,1H3,(H,21,22)/b20-10-. The number of carbonyl (C=O) groups excluding carboxylic acids is 1. The van der Waals surface area contributed by atoms with E-state index in [-0.39, 0.29) is 5.56 Å². The van der Waals surface area contributed by atoms with E-state index in [9.17, 15) is 18.0 Å². The zero-order chi connectivity index (χ0) is 16.9. The van der Waals surface area contributed by atoms with Crippen LogP contribution in [0, 0.1) is 0 Å². The van der Waals surface area contributed by atoms with Crippen LogP contribution in [-0.4, -0.2) is 19.2 Å². The number of nitrogens with one attached hydrogen (secondary N) is 1. The van der Waals surface area contributed by atoms with Crippen LogP contribution in [0.2, 0.25) is 0 Å². The topological polar surface area (TPSA) is 50.7 Å². The van der Waals surface area contributed by atoms with Gasteiger partial charge < -0.3 is 4.74 Å². The first kappa shape index (κ1) is 16.5. The quantitative estimate of drug-likeness (QED) is 0.692. The molecule has 0 aliphatic heterocycles. The lowest BCUT2D eigenvalue weighted by Crippen LogP contribution is -2.18. The van der Waals surface area contributed by atoms with Gasteiger partial charge in [0.15, 0.2) is 0 Å². The molecule has 0 aromatic heterocycles. The van der Waals surface area contributed by atoms with E-state index in [1.54, 1.807) is 12.1 Å². The molecule has 120 valence electrons. The molecule has 23 heavy (non-hydrogen) atoms. The lowest BCUT2D eigenvalue weighted by atomic mass is 10.1. The Hall–Kier alpha value is -2.83. The molecule has 1 N–H and O–H groups in total. The average Bonchev–Trinajstić information content (AvgIpc) is 2.54. The predicted octanol–water partition coefficient (Wildman–Crippen LogP) is 3.48. The van der Waals surface area contributed by atoms with Crippen LogP contribution in [0.5, 0.6) is 5.75 Å². The maximum Gasteiger partial charge on any atom is 0.417 e. The van der Waals surface area contributed by atoms with Crippen molar-refractivity contribution in [1.29, 1.82) is 0 Å². The summed E-state index contributed by atoms with van der Waals surface area (Å²) in [6.45, 7) is 0. The van der Waals surface area contributed by atoms with E-state index < -0.39 is 17.6 Å². The second kappa shape index (κ2) is 6.95. The minimum atomic E-state index is -4.48. The molecular formula is C16H13F3N2O2. The molecule has 2 rings (SSSR count). The van der Waals surface area contributed by atoms with Crippen molar-refractivity contribution in [1.82, 2.24) is 5.43 Å². The minimum Gasteiger partial charge on any atom is -0.497 e. The summed E-state index contributed by atoms with van der Waals surface area (Å²) in [5.41, 5.74) is 1.55. The summed E-state index contributed by atoms with van der Waals surface area (Å²) in [4.78, 5) is 11.8. The van der Waals surface area contributed by atoms with E-state index in [1.165, 1.54) is 37.4 Å². The van der Waals surface area contributed by atoms with Crippen LogP contribution in [-0.2, 0) is 6.18 Å². The molecule has 0 heterocycles. The van der Waals surface area contributed by atoms with Gasteiger partial charge in [-0.3, -0.25) is 4.79 Å². The van der Waals surface area contributed by atoms with E-state index in [0.717, 1.165) is 12.3 Å². The van der Waals surface area contributed by atoms with Gasteiger partial charge in [-0.05, 0) is 30.3 Å². The Balaban J connectivity index is 2.08. The molecule has 0 aliphatic carbocycles. The van der Waals surface area contributed by atoms with Gasteiger partial charge in [-0.1, -0.05) is 18.2 Å². The summed E-state index contributed by atoms with van der Waals surface area (Å²) in [7, 11) is 1.50. The average molecular weight is 322 g/mol. The van der Waals surface area contributed by atoms with Crippen molar-refractivity contribution in [3.05, 3.63) is 65.2 Å². The lowest BCUT2D eigenvalue weighted by Gasteiger charge is -2.09. The molecule has 2 aromatic carbocycles. The molecule has 0 saturated carbocycles. The number of rotatable bonds is 4. The smallest absolute Gasteiger partial charge is 0.417 e. The maximum absolute atomic E-state index is 12.8. The number of hydrazone groups is 1. The third-order valence-corrected chi connectivity index (χ3v) is 2.99.